The van der Waals surface area contributed by atoms with Crippen LogP contribution < -0.4 is 9.52 Å². The number of non-ortho nitro benzene ring substituents is 1. The van der Waals surface area contributed by atoms with Crippen LogP contribution in [0.4, 0.5) is 11.4 Å². The van der Waals surface area contributed by atoms with Gasteiger partial charge in [0.2, 0.25) is 0 Å². The number of fused-ring (bicyclic) bond motifs is 1. The number of anilines is 1. The number of rotatable bonds is 7. The molecule has 4 rings (SSSR count). The first-order valence-corrected chi connectivity index (χ1v) is 13.1. The number of nitro groups is 1. The number of halogens is 1. The number of nitrogens with one attached hydrogen (secondary N) is 1. The maximum Gasteiger partial charge on any atom is 0.325 e. The van der Waals surface area contributed by atoms with E-state index < -0.39 is 26.8 Å². The highest BCUT2D eigenvalue weighted by Gasteiger charge is 2.17. The molecule has 190 valence electrons. The third-order valence-corrected chi connectivity index (χ3v) is 7.79. The molecule has 0 aliphatic carbocycles. The molecule has 0 saturated heterocycles. The average molecular weight is 561 g/mol. The van der Waals surface area contributed by atoms with Crippen LogP contribution in [0.15, 0.2) is 76.6 Å². The second kappa shape index (κ2) is 10.5. The van der Waals surface area contributed by atoms with Crippen molar-refractivity contribution in [1.82, 2.24) is 4.57 Å². The minimum atomic E-state index is -3.87. The first-order valence-electron chi connectivity index (χ1n) is 10.4. The number of thiazole rings is 1. The molecule has 1 heterocycles. The van der Waals surface area contributed by atoms with Gasteiger partial charge in [0.15, 0.2) is 4.80 Å². The first-order chi connectivity index (χ1) is 17.6. The van der Waals surface area contributed by atoms with Crippen molar-refractivity contribution in [3.05, 3.63) is 92.2 Å². The topological polar surface area (TPSA) is 150 Å². The second-order valence-corrected chi connectivity index (χ2v) is 10.6. The van der Waals surface area contributed by atoms with Gasteiger partial charge in [-0.3, -0.25) is 24.4 Å². The lowest BCUT2D eigenvalue weighted by atomic mass is 10.2. The molecule has 0 bridgehead atoms. The standard InChI is InChI=1S/C23H17ClN4O7S2/c1-35-21(29)13-27-19-11-8-17(28(31)32)12-20(19)36-23(27)25-22(30)14-2-6-16(7-3-14)26-37(33,34)18-9-4-15(24)5-10-18/h2-12,26H,13H2,1H3. The number of ether oxygens (including phenoxy) is 1. The molecule has 37 heavy (non-hydrogen) atoms. The van der Waals surface area contributed by atoms with E-state index in [1.54, 1.807) is 0 Å². The molecule has 1 N–H and O–H groups in total. The van der Waals surface area contributed by atoms with Crippen molar-refractivity contribution in [2.75, 3.05) is 11.8 Å². The van der Waals surface area contributed by atoms with Gasteiger partial charge < -0.3 is 9.30 Å². The van der Waals surface area contributed by atoms with E-state index in [9.17, 15) is 28.1 Å². The molecule has 0 saturated carbocycles. The number of nitrogens with zero attached hydrogens (tertiary/aromatic N) is 3. The van der Waals surface area contributed by atoms with E-state index in [2.05, 4.69) is 9.71 Å². The summed E-state index contributed by atoms with van der Waals surface area (Å²) in [6.45, 7) is -0.258. The van der Waals surface area contributed by atoms with Crippen molar-refractivity contribution >= 4 is 66.4 Å². The average Bonchev–Trinajstić information content (AvgIpc) is 3.20. The van der Waals surface area contributed by atoms with Gasteiger partial charge in [-0.1, -0.05) is 22.9 Å². The van der Waals surface area contributed by atoms with Crippen LogP contribution in [0.5, 0.6) is 0 Å². The molecule has 14 heteroatoms. The van der Waals surface area contributed by atoms with Gasteiger partial charge in [-0.2, -0.15) is 4.99 Å². The zero-order chi connectivity index (χ0) is 26.7. The zero-order valence-corrected chi connectivity index (χ0v) is 21.3. The number of hydrogen-bond donors (Lipinski definition) is 1. The summed E-state index contributed by atoms with van der Waals surface area (Å²) in [5, 5.41) is 11.5. The lowest BCUT2D eigenvalue weighted by molar-refractivity contribution is -0.384. The van der Waals surface area contributed by atoms with Crippen molar-refractivity contribution in [3.8, 4) is 0 Å². The van der Waals surface area contributed by atoms with Crippen molar-refractivity contribution in [3.63, 3.8) is 0 Å². The van der Waals surface area contributed by atoms with E-state index >= 15 is 0 Å². The molecule has 0 atom stereocenters. The monoisotopic (exact) mass is 560 g/mol. The highest BCUT2D eigenvalue weighted by molar-refractivity contribution is 7.92. The van der Waals surface area contributed by atoms with Crippen LogP contribution in [0.3, 0.4) is 0 Å². The third-order valence-electron chi connectivity index (χ3n) is 5.10. The van der Waals surface area contributed by atoms with E-state index in [1.165, 1.54) is 78.4 Å². The summed E-state index contributed by atoms with van der Waals surface area (Å²) in [4.78, 5) is 39.7. The largest absolute Gasteiger partial charge is 0.468 e. The van der Waals surface area contributed by atoms with Crippen molar-refractivity contribution < 1.29 is 27.7 Å². The number of aromatic nitrogens is 1. The van der Waals surface area contributed by atoms with Gasteiger partial charge in [-0.05, 0) is 54.6 Å². The van der Waals surface area contributed by atoms with Crippen LogP contribution >= 0.6 is 22.9 Å². The number of methoxy groups -OCH3 is 1. The first kappa shape index (κ1) is 26.0. The molecule has 1 aromatic heterocycles. The van der Waals surface area contributed by atoms with Gasteiger partial charge in [0.1, 0.15) is 6.54 Å². The van der Waals surface area contributed by atoms with E-state index in [1.807, 2.05) is 0 Å². The quantitative estimate of drug-likeness (QED) is 0.204. The highest BCUT2D eigenvalue weighted by atomic mass is 35.5. The van der Waals surface area contributed by atoms with Crippen LogP contribution in [0.25, 0.3) is 10.2 Å². The molecule has 0 fully saturated rings. The molecule has 0 radical (unpaired) electrons. The summed E-state index contributed by atoms with van der Waals surface area (Å²) >= 11 is 6.81. The van der Waals surface area contributed by atoms with E-state index in [0.717, 1.165) is 11.3 Å². The Labute approximate surface area is 218 Å². The second-order valence-electron chi connectivity index (χ2n) is 7.51. The fourth-order valence-corrected chi connectivity index (χ4v) is 5.51. The van der Waals surface area contributed by atoms with Gasteiger partial charge in [0.25, 0.3) is 21.6 Å². The molecule has 0 spiro atoms. The number of carbonyl (C=O) groups is 2. The fourth-order valence-electron chi connectivity index (χ4n) is 3.27. The maximum absolute atomic E-state index is 12.9. The predicted molar refractivity (Wildman–Crippen MR) is 137 cm³/mol. The Balaban J connectivity index is 1.64. The van der Waals surface area contributed by atoms with Crippen LogP contribution in [0, 0.1) is 10.1 Å². The normalized spacial score (nSPS) is 11.9. The molecule has 0 aliphatic heterocycles. The predicted octanol–water partition coefficient (Wildman–Crippen LogP) is 3.98. The summed E-state index contributed by atoms with van der Waals surface area (Å²) in [6.07, 6.45) is 0. The molecule has 4 aromatic rings. The highest BCUT2D eigenvalue weighted by Crippen LogP contribution is 2.24. The lowest BCUT2D eigenvalue weighted by Gasteiger charge is -2.08. The lowest BCUT2D eigenvalue weighted by Crippen LogP contribution is -2.22. The number of sulfonamides is 1. The fraction of sp³-hybridized carbons (Fsp3) is 0.0870. The Morgan fingerprint density at radius 2 is 1.78 bits per heavy atom. The number of esters is 1. The number of nitro benzene ring substituents is 1. The molecule has 0 aliphatic rings. The van der Waals surface area contributed by atoms with Crippen molar-refractivity contribution in [2.45, 2.75) is 11.4 Å². The zero-order valence-electron chi connectivity index (χ0n) is 19.0. The number of hydrogen-bond acceptors (Lipinski definition) is 8. The minimum absolute atomic E-state index is 0.0206. The molecular weight excluding hydrogens is 544 g/mol. The Morgan fingerprint density at radius 3 is 2.41 bits per heavy atom. The Kier molecular flexibility index (Phi) is 7.38. The van der Waals surface area contributed by atoms with Crippen molar-refractivity contribution in [1.29, 1.82) is 0 Å². The summed E-state index contributed by atoms with van der Waals surface area (Å²) in [6, 6.07) is 15.4. The third kappa shape index (κ3) is 5.85. The van der Waals surface area contributed by atoms with E-state index in [-0.39, 0.29) is 33.2 Å². The molecule has 1 amide bonds. The molecule has 3 aromatic carbocycles. The maximum atomic E-state index is 12.9. The Bertz CT molecular complexity index is 1690. The summed E-state index contributed by atoms with van der Waals surface area (Å²) < 4.78 is 34.1. The number of carbonyl (C=O) groups excluding carboxylic acids is 2. The number of benzene rings is 3. The number of amides is 1. The summed E-state index contributed by atoms with van der Waals surface area (Å²) in [7, 11) is -2.65. The minimum Gasteiger partial charge on any atom is -0.468 e. The van der Waals surface area contributed by atoms with Crippen LogP contribution in [-0.2, 0) is 26.1 Å². The molecule has 0 unspecified atom stereocenters. The van der Waals surface area contributed by atoms with Gasteiger partial charge in [0, 0.05) is 28.4 Å². The summed E-state index contributed by atoms with van der Waals surface area (Å²) in [5.74, 6) is -1.25. The van der Waals surface area contributed by atoms with Crippen molar-refractivity contribution in [2.24, 2.45) is 4.99 Å². The van der Waals surface area contributed by atoms with Gasteiger partial charge in [0.05, 0.1) is 27.1 Å². The Morgan fingerprint density at radius 1 is 1.11 bits per heavy atom. The van der Waals surface area contributed by atoms with Gasteiger partial charge in [-0.25, -0.2) is 8.42 Å². The molecular formula is C23H17ClN4O7S2. The van der Waals surface area contributed by atoms with Crippen LogP contribution in [0.1, 0.15) is 10.4 Å². The summed E-state index contributed by atoms with van der Waals surface area (Å²) in [5.41, 5.74) is 0.705. The van der Waals surface area contributed by atoms with Crippen LogP contribution in [0.2, 0.25) is 5.02 Å². The van der Waals surface area contributed by atoms with Gasteiger partial charge in [-0.15, -0.1) is 0 Å². The SMILES string of the molecule is COC(=O)Cn1c(=NC(=O)c2ccc(NS(=O)(=O)c3ccc(Cl)cc3)cc2)sc2cc([N+](=O)[O-])ccc21. The smallest absolute Gasteiger partial charge is 0.325 e. The Hall–Kier alpha value is -4.07. The van der Waals surface area contributed by atoms with Gasteiger partial charge >= 0.3 is 5.97 Å². The van der Waals surface area contributed by atoms with Crippen LogP contribution in [-0.4, -0.2) is 36.9 Å². The molecule has 11 nitrogen and oxygen atoms in total. The van der Waals surface area contributed by atoms with E-state index in [4.69, 9.17) is 16.3 Å². The van der Waals surface area contributed by atoms with E-state index in [0.29, 0.717) is 15.2 Å².